The highest BCUT2D eigenvalue weighted by Gasteiger charge is 2.18. The Balaban J connectivity index is 1.95. The highest BCUT2D eigenvalue weighted by Crippen LogP contribution is 2.25. The van der Waals surface area contributed by atoms with Gasteiger partial charge in [-0.05, 0) is 12.1 Å². The second-order valence-corrected chi connectivity index (χ2v) is 7.62. The second kappa shape index (κ2) is 7.17. The third-order valence-corrected chi connectivity index (χ3v) is 4.96. The molecule has 0 unspecified atom stereocenters. The van der Waals surface area contributed by atoms with Gasteiger partial charge in [0.1, 0.15) is 0 Å². The number of nitrogens with one attached hydrogen (secondary N) is 1. The van der Waals surface area contributed by atoms with Crippen molar-refractivity contribution in [3.63, 3.8) is 0 Å². The summed E-state index contributed by atoms with van der Waals surface area (Å²) in [5, 5.41) is 6.68. The van der Waals surface area contributed by atoms with E-state index >= 15 is 0 Å². The summed E-state index contributed by atoms with van der Waals surface area (Å²) in [6, 6.07) is 4.18. The maximum absolute atomic E-state index is 4.72. The van der Waals surface area contributed by atoms with Crippen LogP contribution in [0.4, 0.5) is 0 Å². The van der Waals surface area contributed by atoms with Crippen LogP contribution in [-0.4, -0.2) is 34.5 Å². The van der Waals surface area contributed by atoms with Gasteiger partial charge in [-0.1, -0.05) is 20.8 Å². The van der Waals surface area contributed by atoms with Gasteiger partial charge in [-0.25, -0.2) is 4.98 Å². The first-order valence-corrected chi connectivity index (χ1v) is 8.66. The van der Waals surface area contributed by atoms with E-state index in [2.05, 4.69) is 71.3 Å². The molecule has 6 heteroatoms. The van der Waals surface area contributed by atoms with Crippen molar-refractivity contribution in [3.8, 4) is 0 Å². The van der Waals surface area contributed by atoms with E-state index < -0.39 is 0 Å². The smallest absolute Gasteiger partial charge is 0.194 e. The SMILES string of the molecule is CN=C(NCc1csc(C(C)(C)C)n1)N(C)Cc1cccn1C. The van der Waals surface area contributed by atoms with Gasteiger partial charge in [0.15, 0.2) is 5.96 Å². The fraction of sp³-hybridized carbons (Fsp3) is 0.529. The van der Waals surface area contributed by atoms with Gasteiger partial charge in [-0.15, -0.1) is 11.3 Å². The number of hydrogen-bond donors (Lipinski definition) is 1. The summed E-state index contributed by atoms with van der Waals surface area (Å²) in [6.45, 7) is 8.07. The zero-order valence-corrected chi connectivity index (χ0v) is 15.7. The van der Waals surface area contributed by atoms with Crippen LogP contribution in [0.25, 0.3) is 0 Å². The molecule has 0 aromatic carbocycles. The Morgan fingerprint density at radius 1 is 1.43 bits per heavy atom. The van der Waals surface area contributed by atoms with Gasteiger partial charge in [0.2, 0.25) is 0 Å². The van der Waals surface area contributed by atoms with Gasteiger partial charge in [-0.2, -0.15) is 0 Å². The number of aryl methyl sites for hydroxylation is 1. The van der Waals surface area contributed by atoms with Crippen molar-refractivity contribution < 1.29 is 0 Å². The van der Waals surface area contributed by atoms with Crippen molar-refractivity contribution >= 4 is 17.3 Å². The van der Waals surface area contributed by atoms with E-state index in [0.717, 1.165) is 18.2 Å². The lowest BCUT2D eigenvalue weighted by atomic mass is 9.98. The normalized spacial score (nSPS) is 12.5. The van der Waals surface area contributed by atoms with E-state index in [1.807, 2.05) is 14.1 Å². The summed E-state index contributed by atoms with van der Waals surface area (Å²) in [5.41, 5.74) is 2.42. The van der Waals surface area contributed by atoms with E-state index in [-0.39, 0.29) is 5.41 Å². The molecule has 0 saturated heterocycles. The highest BCUT2D eigenvalue weighted by molar-refractivity contribution is 7.09. The topological polar surface area (TPSA) is 45.5 Å². The largest absolute Gasteiger partial charge is 0.353 e. The molecular formula is C17H27N5S. The third-order valence-electron chi connectivity index (χ3n) is 3.64. The van der Waals surface area contributed by atoms with Gasteiger partial charge in [0.25, 0.3) is 0 Å². The standard InChI is InChI=1S/C17H27N5S/c1-17(2,3)15-20-13(12-23-15)10-19-16(18-4)22(6)11-14-8-7-9-21(14)5/h7-9,12H,10-11H2,1-6H3,(H,18,19). The molecule has 5 nitrogen and oxygen atoms in total. The molecule has 2 rings (SSSR count). The average molecular weight is 334 g/mol. The minimum absolute atomic E-state index is 0.105. The minimum atomic E-state index is 0.105. The lowest BCUT2D eigenvalue weighted by Gasteiger charge is -2.22. The monoisotopic (exact) mass is 333 g/mol. The molecule has 0 aliphatic rings. The molecule has 0 aliphatic heterocycles. The zero-order chi connectivity index (χ0) is 17.0. The molecule has 0 radical (unpaired) electrons. The van der Waals surface area contributed by atoms with Crippen molar-refractivity contribution in [2.75, 3.05) is 14.1 Å². The molecule has 2 aromatic rings. The first-order chi connectivity index (χ1) is 10.8. The molecule has 2 heterocycles. The van der Waals surface area contributed by atoms with E-state index in [9.17, 15) is 0 Å². The van der Waals surface area contributed by atoms with Gasteiger partial charge >= 0.3 is 0 Å². The number of rotatable bonds is 4. The van der Waals surface area contributed by atoms with E-state index in [4.69, 9.17) is 4.98 Å². The molecule has 0 saturated carbocycles. The molecular weight excluding hydrogens is 306 g/mol. The first-order valence-electron chi connectivity index (χ1n) is 7.78. The summed E-state index contributed by atoms with van der Waals surface area (Å²) in [6.07, 6.45) is 2.06. The predicted octanol–water partition coefficient (Wildman–Crippen LogP) is 2.99. The molecule has 2 aromatic heterocycles. The highest BCUT2D eigenvalue weighted by atomic mass is 32.1. The average Bonchev–Trinajstić information content (AvgIpc) is 3.09. The Kier molecular flexibility index (Phi) is 5.46. The Morgan fingerprint density at radius 2 is 2.17 bits per heavy atom. The van der Waals surface area contributed by atoms with Crippen molar-refractivity contribution in [3.05, 3.63) is 40.1 Å². The second-order valence-electron chi connectivity index (χ2n) is 6.76. The van der Waals surface area contributed by atoms with Crippen molar-refractivity contribution in [2.45, 2.75) is 39.3 Å². The molecule has 0 amide bonds. The summed E-state index contributed by atoms with van der Waals surface area (Å²) >= 11 is 1.72. The predicted molar refractivity (Wildman–Crippen MR) is 97.9 cm³/mol. The van der Waals surface area contributed by atoms with Gasteiger partial charge in [0.05, 0.1) is 23.8 Å². The fourth-order valence-electron chi connectivity index (χ4n) is 2.27. The molecule has 0 spiro atoms. The maximum Gasteiger partial charge on any atom is 0.194 e. The molecule has 0 fully saturated rings. The molecule has 1 N–H and O–H groups in total. The molecule has 0 aliphatic carbocycles. The quantitative estimate of drug-likeness (QED) is 0.691. The number of aromatic nitrogens is 2. The number of guanidine groups is 1. The fourth-order valence-corrected chi connectivity index (χ4v) is 3.17. The summed E-state index contributed by atoms with van der Waals surface area (Å²) in [7, 11) is 5.91. The summed E-state index contributed by atoms with van der Waals surface area (Å²) < 4.78 is 2.12. The van der Waals surface area contributed by atoms with Gasteiger partial charge < -0.3 is 14.8 Å². The van der Waals surface area contributed by atoms with Crippen LogP contribution >= 0.6 is 11.3 Å². The first kappa shape index (κ1) is 17.5. The Hall–Kier alpha value is -1.82. The number of thiazole rings is 1. The minimum Gasteiger partial charge on any atom is -0.353 e. The Morgan fingerprint density at radius 3 is 2.70 bits per heavy atom. The maximum atomic E-state index is 4.72. The van der Waals surface area contributed by atoms with E-state index in [1.54, 1.807) is 11.3 Å². The van der Waals surface area contributed by atoms with Crippen LogP contribution < -0.4 is 5.32 Å². The van der Waals surface area contributed by atoms with Crippen LogP contribution in [0.15, 0.2) is 28.7 Å². The number of nitrogens with zero attached hydrogens (tertiary/aromatic N) is 4. The number of aliphatic imine (C=N–C) groups is 1. The van der Waals surface area contributed by atoms with Crippen molar-refractivity contribution in [2.24, 2.45) is 12.0 Å². The van der Waals surface area contributed by atoms with Gasteiger partial charge in [-0.3, -0.25) is 4.99 Å². The lowest BCUT2D eigenvalue weighted by molar-refractivity contribution is 0.461. The van der Waals surface area contributed by atoms with Crippen LogP contribution in [-0.2, 0) is 25.6 Å². The van der Waals surface area contributed by atoms with Crippen molar-refractivity contribution in [1.82, 2.24) is 19.8 Å². The van der Waals surface area contributed by atoms with Crippen LogP contribution in [0.3, 0.4) is 0 Å². The molecule has 0 atom stereocenters. The van der Waals surface area contributed by atoms with Gasteiger partial charge in [0, 0.05) is 43.8 Å². The van der Waals surface area contributed by atoms with Crippen LogP contribution in [0, 0.1) is 0 Å². The van der Waals surface area contributed by atoms with Crippen LogP contribution in [0.5, 0.6) is 0 Å². The lowest BCUT2D eigenvalue weighted by Crippen LogP contribution is -2.38. The third kappa shape index (κ3) is 4.58. The summed E-state index contributed by atoms with van der Waals surface area (Å²) in [4.78, 5) is 11.2. The zero-order valence-electron chi connectivity index (χ0n) is 14.9. The van der Waals surface area contributed by atoms with Crippen molar-refractivity contribution in [1.29, 1.82) is 0 Å². The summed E-state index contributed by atoms with van der Waals surface area (Å²) in [5.74, 6) is 0.872. The Bertz CT molecular complexity index is 663. The molecule has 23 heavy (non-hydrogen) atoms. The van der Waals surface area contributed by atoms with Crippen LogP contribution in [0.2, 0.25) is 0 Å². The van der Waals surface area contributed by atoms with E-state index in [0.29, 0.717) is 6.54 Å². The van der Waals surface area contributed by atoms with Crippen LogP contribution in [0.1, 0.15) is 37.2 Å². The van der Waals surface area contributed by atoms with E-state index in [1.165, 1.54) is 10.7 Å². The molecule has 0 bridgehead atoms. The Labute approximate surface area is 143 Å². The molecule has 126 valence electrons. The number of hydrogen-bond acceptors (Lipinski definition) is 3.